The fourth-order valence-corrected chi connectivity index (χ4v) is 3.29. The van der Waals surface area contributed by atoms with E-state index >= 15 is 0 Å². The van der Waals surface area contributed by atoms with E-state index in [4.69, 9.17) is 16.3 Å². The maximum Gasteiger partial charge on any atom is 0.225 e. The van der Waals surface area contributed by atoms with E-state index in [1.165, 1.54) is 0 Å². The third-order valence-corrected chi connectivity index (χ3v) is 4.89. The summed E-state index contributed by atoms with van der Waals surface area (Å²) in [6.45, 7) is 5.46. The molecular weight excluding hydrogens is 324 g/mol. The molecule has 1 aromatic carbocycles. The van der Waals surface area contributed by atoms with E-state index in [9.17, 15) is 4.79 Å². The molecule has 4 nitrogen and oxygen atoms in total. The first kappa shape index (κ1) is 17.3. The lowest BCUT2D eigenvalue weighted by molar-refractivity contribution is -0.141. The molecule has 24 heavy (non-hydrogen) atoms. The van der Waals surface area contributed by atoms with Crippen molar-refractivity contribution in [3.63, 3.8) is 0 Å². The highest BCUT2D eigenvalue weighted by Gasteiger charge is 2.28. The molecule has 3 rings (SSSR count). The maximum absolute atomic E-state index is 12.5. The fraction of sp³-hybridized carbons (Fsp3) is 0.526. The van der Waals surface area contributed by atoms with E-state index in [0.29, 0.717) is 19.1 Å². The Morgan fingerprint density at radius 3 is 2.46 bits per heavy atom. The second-order valence-corrected chi connectivity index (χ2v) is 6.73. The average Bonchev–Trinajstić information content (AvgIpc) is 2.64. The van der Waals surface area contributed by atoms with Crippen LogP contribution in [0.15, 0.2) is 24.3 Å². The molecule has 2 heterocycles. The molecule has 2 aliphatic rings. The molecule has 0 spiro atoms. The quantitative estimate of drug-likeness (QED) is 0.770. The molecule has 1 aromatic rings. The smallest absolute Gasteiger partial charge is 0.225 e. The summed E-state index contributed by atoms with van der Waals surface area (Å²) in [6.07, 6.45) is 1.86. The van der Waals surface area contributed by atoms with Crippen molar-refractivity contribution < 1.29 is 9.53 Å². The minimum absolute atomic E-state index is 0.170. The Hall–Kier alpha value is -1.54. The Morgan fingerprint density at radius 1 is 1.12 bits per heavy atom. The molecule has 0 N–H and O–H groups in total. The van der Waals surface area contributed by atoms with Crippen molar-refractivity contribution in [3.05, 3.63) is 34.9 Å². The second-order valence-electron chi connectivity index (χ2n) is 6.30. The lowest BCUT2D eigenvalue weighted by atomic mass is 9.95. The number of benzene rings is 1. The third kappa shape index (κ3) is 4.73. The zero-order valence-corrected chi connectivity index (χ0v) is 14.6. The molecule has 128 valence electrons. The van der Waals surface area contributed by atoms with Crippen LogP contribution in [0.2, 0.25) is 5.02 Å². The van der Waals surface area contributed by atoms with Gasteiger partial charge < -0.3 is 9.64 Å². The first-order chi connectivity index (χ1) is 11.7. The Balaban J connectivity index is 1.43. The normalized spacial score (nSPS) is 19.6. The van der Waals surface area contributed by atoms with Crippen molar-refractivity contribution in [3.8, 4) is 11.8 Å². The molecule has 2 saturated heterocycles. The number of amides is 1. The number of likely N-dealkylation sites (tertiary alicyclic amines) is 1. The number of rotatable bonds is 2. The number of morpholine rings is 1. The summed E-state index contributed by atoms with van der Waals surface area (Å²) < 4.78 is 5.32. The van der Waals surface area contributed by atoms with Crippen LogP contribution in [0, 0.1) is 17.8 Å². The minimum atomic E-state index is 0.170. The highest BCUT2D eigenvalue weighted by atomic mass is 35.5. The zero-order chi connectivity index (χ0) is 16.8. The maximum atomic E-state index is 12.5. The van der Waals surface area contributed by atoms with Crippen LogP contribution in [-0.2, 0) is 9.53 Å². The number of halogens is 1. The van der Waals surface area contributed by atoms with Gasteiger partial charge in [0.2, 0.25) is 5.91 Å². The lowest BCUT2D eigenvalue weighted by Crippen LogP contribution is -2.46. The van der Waals surface area contributed by atoms with E-state index in [-0.39, 0.29) is 5.92 Å². The van der Waals surface area contributed by atoms with Crippen LogP contribution >= 0.6 is 11.6 Å². The third-order valence-electron chi connectivity index (χ3n) is 4.64. The first-order valence-corrected chi connectivity index (χ1v) is 8.93. The molecular formula is C19H23ClN2O2. The highest BCUT2D eigenvalue weighted by Crippen LogP contribution is 2.20. The Morgan fingerprint density at radius 2 is 1.79 bits per heavy atom. The summed E-state index contributed by atoms with van der Waals surface area (Å²) in [4.78, 5) is 16.8. The molecule has 0 bridgehead atoms. The number of hydrogen-bond acceptors (Lipinski definition) is 3. The molecule has 5 heteroatoms. The predicted octanol–water partition coefficient (Wildman–Crippen LogP) is 2.26. The van der Waals surface area contributed by atoms with E-state index in [1.807, 2.05) is 29.2 Å². The van der Waals surface area contributed by atoms with Crippen LogP contribution in [0.1, 0.15) is 18.4 Å². The van der Waals surface area contributed by atoms with Gasteiger partial charge in [-0.15, -0.1) is 0 Å². The van der Waals surface area contributed by atoms with Crippen LogP contribution in [0.4, 0.5) is 0 Å². The number of carbonyl (C=O) groups is 1. The molecule has 0 aliphatic carbocycles. The van der Waals surface area contributed by atoms with Gasteiger partial charge in [0.25, 0.3) is 0 Å². The molecule has 2 fully saturated rings. The van der Waals surface area contributed by atoms with Crippen molar-refractivity contribution >= 4 is 17.5 Å². The SMILES string of the molecule is O=C(C1CCN(CC#Cc2ccc(Cl)cc2)CC1)N1CCOCC1. The van der Waals surface area contributed by atoms with Crippen LogP contribution < -0.4 is 0 Å². The van der Waals surface area contributed by atoms with Gasteiger partial charge in [-0.25, -0.2) is 0 Å². The van der Waals surface area contributed by atoms with Crippen molar-refractivity contribution in [2.75, 3.05) is 45.9 Å². The summed E-state index contributed by atoms with van der Waals surface area (Å²) in [7, 11) is 0. The molecule has 0 saturated carbocycles. The molecule has 0 radical (unpaired) electrons. The van der Waals surface area contributed by atoms with Crippen molar-refractivity contribution in [2.24, 2.45) is 5.92 Å². The summed E-state index contributed by atoms with van der Waals surface area (Å²) >= 11 is 5.87. The number of nitrogens with zero attached hydrogens (tertiary/aromatic N) is 2. The van der Waals surface area contributed by atoms with Gasteiger partial charge in [0.15, 0.2) is 0 Å². The monoisotopic (exact) mass is 346 g/mol. The zero-order valence-electron chi connectivity index (χ0n) is 13.8. The first-order valence-electron chi connectivity index (χ1n) is 8.56. The fourth-order valence-electron chi connectivity index (χ4n) is 3.17. The van der Waals surface area contributed by atoms with Crippen LogP contribution in [0.3, 0.4) is 0 Å². The van der Waals surface area contributed by atoms with Gasteiger partial charge in [0.05, 0.1) is 19.8 Å². The second kappa shape index (κ2) is 8.53. The molecule has 0 unspecified atom stereocenters. The lowest BCUT2D eigenvalue weighted by Gasteiger charge is -2.34. The number of ether oxygens (including phenoxy) is 1. The molecule has 0 atom stereocenters. The predicted molar refractivity (Wildman–Crippen MR) is 94.9 cm³/mol. The average molecular weight is 347 g/mol. The number of piperidine rings is 1. The van der Waals surface area contributed by atoms with E-state index in [0.717, 1.165) is 56.2 Å². The summed E-state index contributed by atoms with van der Waals surface area (Å²) in [5, 5.41) is 0.729. The van der Waals surface area contributed by atoms with Gasteiger partial charge in [-0.3, -0.25) is 9.69 Å². The summed E-state index contributed by atoms with van der Waals surface area (Å²) in [6, 6.07) is 7.58. The Bertz CT molecular complexity index is 606. The van der Waals surface area contributed by atoms with Gasteiger partial charge in [0.1, 0.15) is 0 Å². The van der Waals surface area contributed by atoms with Gasteiger partial charge in [-0.1, -0.05) is 23.4 Å². The Labute approximate surface area is 148 Å². The minimum Gasteiger partial charge on any atom is -0.378 e. The van der Waals surface area contributed by atoms with Crippen molar-refractivity contribution in [1.82, 2.24) is 9.80 Å². The van der Waals surface area contributed by atoms with Crippen LogP contribution in [0.5, 0.6) is 0 Å². The largest absolute Gasteiger partial charge is 0.378 e. The van der Waals surface area contributed by atoms with E-state index < -0.39 is 0 Å². The topological polar surface area (TPSA) is 32.8 Å². The van der Waals surface area contributed by atoms with Crippen molar-refractivity contribution in [1.29, 1.82) is 0 Å². The van der Waals surface area contributed by atoms with Crippen LogP contribution in [0.25, 0.3) is 0 Å². The highest BCUT2D eigenvalue weighted by molar-refractivity contribution is 6.30. The van der Waals surface area contributed by atoms with Crippen molar-refractivity contribution in [2.45, 2.75) is 12.8 Å². The molecule has 2 aliphatic heterocycles. The summed E-state index contributed by atoms with van der Waals surface area (Å²) in [5.41, 5.74) is 0.983. The van der Waals surface area contributed by atoms with Gasteiger partial charge in [-0.05, 0) is 50.2 Å². The van der Waals surface area contributed by atoms with E-state index in [2.05, 4.69) is 16.7 Å². The van der Waals surface area contributed by atoms with Crippen LogP contribution in [-0.4, -0.2) is 61.6 Å². The number of carbonyl (C=O) groups excluding carboxylic acids is 1. The summed E-state index contributed by atoms with van der Waals surface area (Å²) in [5.74, 6) is 6.87. The van der Waals surface area contributed by atoms with Gasteiger partial charge >= 0.3 is 0 Å². The number of hydrogen-bond donors (Lipinski definition) is 0. The molecule has 0 aromatic heterocycles. The van der Waals surface area contributed by atoms with E-state index in [1.54, 1.807) is 0 Å². The standard InChI is InChI=1S/C19H23ClN2O2/c20-18-5-3-16(4-6-18)2-1-9-21-10-7-17(8-11-21)19(23)22-12-14-24-15-13-22/h3-6,17H,7-15H2. The van der Waals surface area contributed by atoms with Gasteiger partial charge in [0, 0.05) is 29.6 Å². The van der Waals surface area contributed by atoms with Gasteiger partial charge in [-0.2, -0.15) is 0 Å². The molecule has 1 amide bonds. The Kier molecular flexibility index (Phi) is 6.14.